The third-order valence-corrected chi connectivity index (χ3v) is 3.31. The molecule has 66 valence electrons. The number of hydrogen-bond acceptors (Lipinski definition) is 0. The Balaban J connectivity index is 0.000000110. The van der Waals surface area contributed by atoms with Crippen molar-refractivity contribution in [2.75, 3.05) is 0 Å². The van der Waals surface area contributed by atoms with Gasteiger partial charge in [0.05, 0.1) is 0 Å². The Kier molecular flexibility index (Phi) is 2.98. The van der Waals surface area contributed by atoms with E-state index in [2.05, 4.69) is 27.7 Å². The first-order chi connectivity index (χ1) is 5.11. The van der Waals surface area contributed by atoms with Crippen LogP contribution in [0.15, 0.2) is 0 Å². The van der Waals surface area contributed by atoms with Crippen molar-refractivity contribution in [1.29, 1.82) is 0 Å². The lowest BCUT2D eigenvalue weighted by atomic mass is 10.0. The largest absolute Gasteiger partial charge is 0.0625 e. The van der Waals surface area contributed by atoms with Crippen LogP contribution in [0, 0.1) is 23.7 Å². The molecule has 0 heteroatoms. The van der Waals surface area contributed by atoms with Crippen LogP contribution in [0.4, 0.5) is 0 Å². The molecule has 0 amide bonds. The Morgan fingerprint density at radius 1 is 0.818 bits per heavy atom. The second-order valence-corrected chi connectivity index (χ2v) is 4.82. The van der Waals surface area contributed by atoms with E-state index in [-0.39, 0.29) is 0 Å². The predicted molar refractivity (Wildman–Crippen MR) is 50.5 cm³/mol. The van der Waals surface area contributed by atoms with Gasteiger partial charge in [-0.2, -0.15) is 0 Å². The molecule has 2 fully saturated rings. The summed E-state index contributed by atoms with van der Waals surface area (Å²) in [5.41, 5.74) is 0. The van der Waals surface area contributed by atoms with Crippen molar-refractivity contribution in [2.24, 2.45) is 23.7 Å². The summed E-state index contributed by atoms with van der Waals surface area (Å²) in [7, 11) is 0. The molecule has 0 radical (unpaired) electrons. The summed E-state index contributed by atoms with van der Waals surface area (Å²) in [6.45, 7) is 8.96. The molecule has 2 rings (SSSR count). The minimum Gasteiger partial charge on any atom is -0.0625 e. The average Bonchev–Trinajstić information content (AvgIpc) is 2.40. The van der Waals surface area contributed by atoms with E-state index < -0.39 is 0 Å². The molecule has 0 heterocycles. The van der Waals surface area contributed by atoms with Crippen molar-refractivity contribution in [3.05, 3.63) is 0 Å². The smallest absolute Gasteiger partial charge is 0.0383 e. The van der Waals surface area contributed by atoms with Gasteiger partial charge in [0.15, 0.2) is 0 Å². The van der Waals surface area contributed by atoms with Crippen molar-refractivity contribution in [3.63, 3.8) is 0 Å². The predicted octanol–water partition coefficient (Wildman–Crippen LogP) is 3.71. The van der Waals surface area contributed by atoms with Crippen molar-refractivity contribution in [3.8, 4) is 0 Å². The van der Waals surface area contributed by atoms with E-state index in [0.29, 0.717) is 0 Å². The van der Waals surface area contributed by atoms with Gasteiger partial charge in [0.2, 0.25) is 0 Å². The maximum Gasteiger partial charge on any atom is -0.0383 e. The van der Waals surface area contributed by atoms with Crippen molar-refractivity contribution >= 4 is 0 Å². The zero-order valence-corrected chi connectivity index (χ0v) is 8.43. The SMILES string of the molecule is C1CC2CC12.CC(C)C(C)C. The van der Waals surface area contributed by atoms with Gasteiger partial charge in [-0.25, -0.2) is 0 Å². The molecule has 0 aliphatic heterocycles. The van der Waals surface area contributed by atoms with Crippen molar-refractivity contribution in [2.45, 2.75) is 47.0 Å². The lowest BCUT2D eigenvalue weighted by molar-refractivity contribution is 0.457. The van der Waals surface area contributed by atoms with Crippen LogP contribution in [-0.4, -0.2) is 0 Å². The second kappa shape index (κ2) is 3.60. The zero-order chi connectivity index (χ0) is 8.43. The first-order valence-corrected chi connectivity index (χ1v) is 5.11. The molecule has 2 saturated carbocycles. The minimum atomic E-state index is 0.852. The summed E-state index contributed by atoms with van der Waals surface area (Å²) >= 11 is 0. The molecule has 0 saturated heterocycles. The molecule has 0 aromatic heterocycles. The highest BCUT2D eigenvalue weighted by Crippen LogP contribution is 2.55. The van der Waals surface area contributed by atoms with E-state index in [1.54, 1.807) is 19.3 Å². The van der Waals surface area contributed by atoms with Gasteiger partial charge in [-0.1, -0.05) is 27.7 Å². The first kappa shape index (κ1) is 9.09. The summed E-state index contributed by atoms with van der Waals surface area (Å²) in [6, 6.07) is 0. The summed E-state index contributed by atoms with van der Waals surface area (Å²) in [6.07, 6.45) is 4.70. The van der Waals surface area contributed by atoms with Gasteiger partial charge in [-0.3, -0.25) is 0 Å². The average molecular weight is 154 g/mol. The van der Waals surface area contributed by atoms with Crippen LogP contribution >= 0.6 is 0 Å². The van der Waals surface area contributed by atoms with Crippen LogP contribution in [0.3, 0.4) is 0 Å². The van der Waals surface area contributed by atoms with Gasteiger partial charge >= 0.3 is 0 Å². The lowest BCUT2D eigenvalue weighted by Gasteiger charge is -2.05. The van der Waals surface area contributed by atoms with Gasteiger partial charge in [0.25, 0.3) is 0 Å². The summed E-state index contributed by atoms with van der Waals surface area (Å²) in [4.78, 5) is 0. The van der Waals surface area contributed by atoms with E-state index in [1.165, 1.54) is 11.8 Å². The number of fused-ring (bicyclic) bond motifs is 1. The van der Waals surface area contributed by atoms with E-state index in [1.807, 2.05) is 0 Å². The Bertz CT molecular complexity index is 95.2. The Hall–Kier alpha value is 0. The topological polar surface area (TPSA) is 0 Å². The highest BCUT2D eigenvalue weighted by molar-refractivity contribution is 4.95. The monoisotopic (exact) mass is 154 g/mol. The molecule has 2 aliphatic carbocycles. The molecule has 0 N–H and O–H groups in total. The highest BCUT2D eigenvalue weighted by Gasteiger charge is 2.44. The number of rotatable bonds is 1. The molecule has 0 aromatic rings. The molecule has 0 aromatic carbocycles. The fraction of sp³-hybridized carbons (Fsp3) is 1.00. The quantitative estimate of drug-likeness (QED) is 0.540. The maximum atomic E-state index is 2.24. The van der Waals surface area contributed by atoms with E-state index in [4.69, 9.17) is 0 Å². The standard InChI is InChI=1S/C6H14.C5H8/c1-5(2)6(3)4;1-2-5-3-4(1)5/h5-6H,1-4H3;4-5H,1-3H2. The van der Waals surface area contributed by atoms with E-state index >= 15 is 0 Å². The van der Waals surface area contributed by atoms with E-state index in [0.717, 1.165) is 11.8 Å². The second-order valence-electron chi connectivity index (χ2n) is 4.82. The first-order valence-electron chi connectivity index (χ1n) is 5.11. The van der Waals surface area contributed by atoms with Gasteiger partial charge in [0.1, 0.15) is 0 Å². The van der Waals surface area contributed by atoms with Crippen molar-refractivity contribution < 1.29 is 0 Å². The molecule has 0 nitrogen and oxygen atoms in total. The summed E-state index contributed by atoms with van der Waals surface area (Å²) in [5.74, 6) is 4.17. The number of hydrogen-bond donors (Lipinski definition) is 0. The van der Waals surface area contributed by atoms with Gasteiger partial charge in [-0.05, 0) is 42.9 Å². The summed E-state index contributed by atoms with van der Waals surface area (Å²) < 4.78 is 0. The molecule has 2 atom stereocenters. The molecule has 0 spiro atoms. The van der Waals surface area contributed by atoms with E-state index in [9.17, 15) is 0 Å². The molecule has 0 bridgehead atoms. The van der Waals surface area contributed by atoms with Crippen molar-refractivity contribution in [1.82, 2.24) is 0 Å². The Labute approximate surface area is 71.4 Å². The van der Waals surface area contributed by atoms with Crippen LogP contribution in [0.5, 0.6) is 0 Å². The third-order valence-electron chi connectivity index (χ3n) is 3.31. The Morgan fingerprint density at radius 2 is 1.18 bits per heavy atom. The minimum absolute atomic E-state index is 0.852. The van der Waals surface area contributed by atoms with Crippen LogP contribution in [-0.2, 0) is 0 Å². The molecular formula is C11H22. The maximum absolute atomic E-state index is 2.24. The lowest BCUT2D eigenvalue weighted by Crippen LogP contribution is -1.95. The molecule has 11 heavy (non-hydrogen) atoms. The normalized spacial score (nSPS) is 32.2. The zero-order valence-electron chi connectivity index (χ0n) is 8.43. The molecular weight excluding hydrogens is 132 g/mol. The van der Waals surface area contributed by atoms with Crippen LogP contribution in [0.1, 0.15) is 47.0 Å². The van der Waals surface area contributed by atoms with Gasteiger partial charge in [0, 0.05) is 0 Å². The third kappa shape index (κ3) is 2.84. The molecule has 2 unspecified atom stereocenters. The van der Waals surface area contributed by atoms with Crippen LogP contribution in [0.2, 0.25) is 0 Å². The van der Waals surface area contributed by atoms with Crippen LogP contribution < -0.4 is 0 Å². The van der Waals surface area contributed by atoms with Crippen LogP contribution in [0.25, 0.3) is 0 Å². The highest BCUT2D eigenvalue weighted by atomic mass is 14.5. The van der Waals surface area contributed by atoms with Gasteiger partial charge < -0.3 is 0 Å². The fourth-order valence-electron chi connectivity index (χ4n) is 1.18. The Morgan fingerprint density at radius 3 is 1.18 bits per heavy atom. The fourth-order valence-corrected chi connectivity index (χ4v) is 1.18. The van der Waals surface area contributed by atoms with Gasteiger partial charge in [-0.15, -0.1) is 0 Å². The molecule has 2 aliphatic rings. The summed E-state index contributed by atoms with van der Waals surface area (Å²) in [5, 5.41) is 0.